The Bertz CT molecular complexity index is 1840. The Kier molecular flexibility index (Phi) is 12.6. The van der Waals surface area contributed by atoms with E-state index < -0.39 is 24.5 Å². The number of thiophene rings is 1. The number of carboxylic acid groups (broad SMARTS) is 1. The second kappa shape index (κ2) is 16.8. The summed E-state index contributed by atoms with van der Waals surface area (Å²) in [7, 11) is 0. The Hall–Kier alpha value is -5.15. The molecule has 3 N–H and O–H groups in total. The predicted molar refractivity (Wildman–Crippen MR) is 198 cm³/mol. The van der Waals surface area contributed by atoms with Crippen molar-refractivity contribution in [3.8, 4) is 33.6 Å². The van der Waals surface area contributed by atoms with Gasteiger partial charge >= 0.3 is 5.97 Å². The van der Waals surface area contributed by atoms with Crippen LogP contribution in [0.15, 0.2) is 97.3 Å². The van der Waals surface area contributed by atoms with Crippen molar-refractivity contribution in [3.63, 3.8) is 0 Å². The summed E-state index contributed by atoms with van der Waals surface area (Å²) in [5.41, 5.74) is 7.04. The first-order chi connectivity index (χ1) is 23.5. The van der Waals surface area contributed by atoms with Crippen LogP contribution in [0.4, 0.5) is 0 Å². The fourth-order valence-corrected chi connectivity index (χ4v) is 5.99. The fourth-order valence-electron chi connectivity index (χ4n) is 5.03. The Balaban J connectivity index is 0.00000265. The number of carbonyl (C=O) groups excluding carboxylic acids is 2. The van der Waals surface area contributed by atoms with E-state index in [0.29, 0.717) is 10.7 Å². The highest BCUT2D eigenvalue weighted by Crippen LogP contribution is 2.30. The molecule has 49 heavy (non-hydrogen) atoms. The van der Waals surface area contributed by atoms with Crippen LogP contribution in [0, 0.1) is 0 Å². The van der Waals surface area contributed by atoms with Gasteiger partial charge in [0.05, 0.1) is 4.88 Å². The molecule has 254 valence electrons. The number of aliphatic carboxylic acids is 1. The maximum Gasteiger partial charge on any atom is 0.322 e. The van der Waals surface area contributed by atoms with E-state index in [4.69, 9.17) is 5.11 Å². The highest BCUT2D eigenvalue weighted by atomic mass is 32.1. The summed E-state index contributed by atoms with van der Waals surface area (Å²) >= 11 is 1.37. The third kappa shape index (κ3) is 9.93. The number of hydrogen-bond acceptors (Lipinski definition) is 6. The van der Waals surface area contributed by atoms with E-state index in [1.165, 1.54) is 22.5 Å². The molecule has 2 heterocycles. The topological polar surface area (TPSA) is 121 Å². The molecule has 0 saturated carbocycles. The fraction of sp³-hybridized carbons (Fsp3) is 0.275. The second-order valence-corrected chi connectivity index (χ2v) is 13.5. The predicted octanol–water partition coefficient (Wildman–Crippen LogP) is 7.97. The first kappa shape index (κ1) is 36.7. The number of benzene rings is 3. The summed E-state index contributed by atoms with van der Waals surface area (Å²) in [6.07, 6.45) is 4.79. The number of nitrogens with one attached hydrogen (secondary N) is 2. The Morgan fingerprint density at radius 1 is 0.735 bits per heavy atom. The Morgan fingerprint density at radius 3 is 1.76 bits per heavy atom. The van der Waals surface area contributed by atoms with Gasteiger partial charge in [-0.25, -0.2) is 9.97 Å². The van der Waals surface area contributed by atoms with Crippen LogP contribution < -0.4 is 10.6 Å². The van der Waals surface area contributed by atoms with Gasteiger partial charge in [-0.3, -0.25) is 14.4 Å². The monoisotopic (exact) mass is 676 g/mol. The molecule has 0 aliphatic rings. The lowest BCUT2D eigenvalue weighted by Gasteiger charge is -2.18. The largest absolute Gasteiger partial charge is 0.480 e. The number of carboxylic acids is 1. The second-order valence-electron chi connectivity index (χ2n) is 12.4. The third-order valence-corrected chi connectivity index (χ3v) is 9.33. The summed E-state index contributed by atoms with van der Waals surface area (Å²) in [5, 5.41) is 14.2. The molecule has 0 saturated heterocycles. The number of rotatable bonds is 11. The smallest absolute Gasteiger partial charge is 0.322 e. The third-order valence-electron chi connectivity index (χ3n) is 7.82. The summed E-state index contributed by atoms with van der Waals surface area (Å²) in [6.45, 7) is 11.8. The maximum atomic E-state index is 13.1. The van der Waals surface area contributed by atoms with Crippen molar-refractivity contribution in [2.45, 2.75) is 65.8 Å². The zero-order valence-corrected chi connectivity index (χ0v) is 29.7. The van der Waals surface area contributed by atoms with E-state index in [9.17, 15) is 14.4 Å². The van der Waals surface area contributed by atoms with E-state index in [1.807, 2.05) is 44.2 Å². The van der Waals surface area contributed by atoms with E-state index in [-0.39, 0.29) is 17.7 Å². The van der Waals surface area contributed by atoms with Crippen LogP contribution in [0.25, 0.3) is 33.6 Å². The normalized spacial score (nSPS) is 11.6. The molecule has 0 radical (unpaired) electrons. The van der Waals surface area contributed by atoms with E-state index in [2.05, 4.69) is 96.8 Å². The average molecular weight is 677 g/mol. The van der Waals surface area contributed by atoms with Crippen molar-refractivity contribution < 1.29 is 19.5 Å². The summed E-state index contributed by atoms with van der Waals surface area (Å²) in [6, 6.07) is 27.1. The van der Waals surface area contributed by atoms with E-state index in [1.54, 1.807) is 18.5 Å². The molecule has 2 amide bonds. The van der Waals surface area contributed by atoms with Gasteiger partial charge < -0.3 is 15.7 Å². The molecule has 5 aromatic rings. The van der Waals surface area contributed by atoms with Gasteiger partial charge in [-0.15, -0.1) is 11.3 Å². The number of nitrogens with zero attached hydrogens (tertiary/aromatic N) is 2. The molecule has 3 aromatic carbocycles. The molecule has 1 unspecified atom stereocenters. The van der Waals surface area contributed by atoms with Crippen LogP contribution in [0.2, 0.25) is 0 Å². The molecule has 0 bridgehead atoms. The SMILES string of the molecule is CC.CCc1ccc(-c2ccc(-c3cnc(-c4ccc(CC(NC(=O)c5ccc(C(C)(C)C)s5)C(=O)NCC(=O)O)cc4)nc3)cc2)cc1. The van der Waals surface area contributed by atoms with Crippen molar-refractivity contribution >= 4 is 29.1 Å². The van der Waals surface area contributed by atoms with E-state index >= 15 is 0 Å². The summed E-state index contributed by atoms with van der Waals surface area (Å²) in [4.78, 5) is 47.8. The standard InChI is InChI=1S/C38H38N4O4S.C2H6/c1-5-24-6-10-26(11-7-24)27-14-16-28(17-15-27)30-21-39-35(40-22-30)29-12-8-25(9-13-29)20-31(36(45)41-23-34(43)44)42-37(46)32-18-19-33(47-32)38(2,3)4;1-2/h6-19,21-22,31H,5,20,23H2,1-4H3,(H,41,45)(H,42,46)(H,43,44);1-2H3. The van der Waals surface area contributed by atoms with Crippen LogP contribution in [-0.2, 0) is 27.8 Å². The summed E-state index contributed by atoms with van der Waals surface area (Å²) in [5.74, 6) is -1.56. The molecular formula is C40H44N4O4S. The van der Waals surface area contributed by atoms with Crippen LogP contribution in [0.5, 0.6) is 0 Å². The van der Waals surface area contributed by atoms with Gasteiger partial charge in [0.25, 0.3) is 5.91 Å². The van der Waals surface area contributed by atoms with E-state index in [0.717, 1.165) is 39.1 Å². The first-order valence-corrected chi connectivity index (χ1v) is 17.3. The highest BCUT2D eigenvalue weighted by molar-refractivity contribution is 7.14. The Labute approximate surface area is 292 Å². The molecule has 2 aromatic heterocycles. The van der Waals surface area contributed by atoms with Crippen molar-refractivity contribution in [2.24, 2.45) is 0 Å². The average Bonchev–Trinajstić information content (AvgIpc) is 3.64. The minimum Gasteiger partial charge on any atom is -0.480 e. The lowest BCUT2D eigenvalue weighted by molar-refractivity contribution is -0.138. The highest BCUT2D eigenvalue weighted by Gasteiger charge is 2.25. The van der Waals surface area contributed by atoms with Crippen molar-refractivity contribution in [2.75, 3.05) is 6.54 Å². The lowest BCUT2D eigenvalue weighted by atomic mass is 9.95. The van der Waals surface area contributed by atoms with Crippen molar-refractivity contribution in [1.82, 2.24) is 20.6 Å². The molecule has 0 spiro atoms. The van der Waals surface area contributed by atoms with Gasteiger partial charge in [0.1, 0.15) is 12.6 Å². The van der Waals surface area contributed by atoms with Crippen molar-refractivity contribution in [1.29, 1.82) is 0 Å². The van der Waals surface area contributed by atoms with Gasteiger partial charge in [-0.1, -0.05) is 114 Å². The zero-order chi connectivity index (χ0) is 35.6. The lowest BCUT2D eigenvalue weighted by Crippen LogP contribution is -2.49. The Morgan fingerprint density at radius 2 is 1.24 bits per heavy atom. The van der Waals surface area contributed by atoms with Gasteiger partial charge in [0, 0.05) is 34.8 Å². The van der Waals surface area contributed by atoms with Crippen LogP contribution in [-0.4, -0.2) is 45.4 Å². The number of amides is 2. The molecule has 9 heteroatoms. The maximum absolute atomic E-state index is 13.1. The van der Waals surface area contributed by atoms with Gasteiger partial charge in [0.15, 0.2) is 5.82 Å². The quantitative estimate of drug-likeness (QED) is 0.131. The van der Waals surface area contributed by atoms with Gasteiger partial charge in [-0.2, -0.15) is 0 Å². The van der Waals surface area contributed by atoms with Crippen LogP contribution in [0.1, 0.15) is 67.2 Å². The van der Waals surface area contributed by atoms with Gasteiger partial charge in [0.2, 0.25) is 5.91 Å². The zero-order valence-electron chi connectivity index (χ0n) is 28.9. The molecule has 0 aliphatic carbocycles. The minimum atomic E-state index is -1.17. The number of aromatic nitrogens is 2. The number of carbonyl (C=O) groups is 3. The molecule has 0 aliphatic heterocycles. The van der Waals surface area contributed by atoms with Crippen LogP contribution in [0.3, 0.4) is 0 Å². The molecule has 5 rings (SSSR count). The first-order valence-electron chi connectivity index (χ1n) is 16.5. The van der Waals surface area contributed by atoms with Crippen molar-refractivity contribution in [3.05, 3.63) is 118 Å². The molecule has 0 fully saturated rings. The minimum absolute atomic E-state index is 0.111. The number of aryl methyl sites for hydroxylation is 1. The van der Waals surface area contributed by atoms with Gasteiger partial charge in [-0.05, 0) is 51.8 Å². The summed E-state index contributed by atoms with van der Waals surface area (Å²) < 4.78 is 0. The van der Waals surface area contributed by atoms with Crippen LogP contribution >= 0.6 is 11.3 Å². The molecule has 8 nitrogen and oxygen atoms in total. The molecule has 1 atom stereocenters. The molecular weight excluding hydrogens is 633 g/mol. The number of hydrogen-bond donors (Lipinski definition) is 3.